The third-order valence-electron chi connectivity index (χ3n) is 2.33. The highest BCUT2D eigenvalue weighted by Crippen LogP contribution is 2.24. The van der Waals surface area contributed by atoms with Gasteiger partial charge in [0.25, 0.3) is 0 Å². The molecule has 3 nitrogen and oxygen atoms in total. The molecule has 0 aliphatic heterocycles. The first-order valence-corrected chi connectivity index (χ1v) is 7.98. The van der Waals surface area contributed by atoms with Gasteiger partial charge in [-0.2, -0.15) is 0 Å². The SMILES string of the molecule is CCOC(=O)CSCc1cc(C)cc(OC(C)(C)C)c1. The van der Waals surface area contributed by atoms with Crippen LogP contribution in [0.2, 0.25) is 0 Å². The average molecular weight is 296 g/mol. The van der Waals surface area contributed by atoms with Crippen molar-refractivity contribution in [1.29, 1.82) is 0 Å². The Morgan fingerprint density at radius 3 is 2.55 bits per heavy atom. The Hall–Kier alpha value is -1.16. The van der Waals surface area contributed by atoms with E-state index >= 15 is 0 Å². The minimum absolute atomic E-state index is 0.156. The molecule has 0 saturated carbocycles. The molecule has 0 atom stereocenters. The van der Waals surface area contributed by atoms with E-state index in [1.807, 2.05) is 39.8 Å². The molecule has 0 N–H and O–H groups in total. The topological polar surface area (TPSA) is 35.5 Å². The van der Waals surface area contributed by atoms with Crippen LogP contribution in [0.1, 0.15) is 38.8 Å². The first-order chi connectivity index (χ1) is 9.30. The normalized spacial score (nSPS) is 11.2. The lowest BCUT2D eigenvalue weighted by atomic mass is 10.1. The van der Waals surface area contributed by atoms with Crippen molar-refractivity contribution in [1.82, 2.24) is 0 Å². The molecule has 0 aliphatic rings. The van der Waals surface area contributed by atoms with E-state index in [1.54, 1.807) is 11.8 Å². The number of aryl methyl sites for hydroxylation is 1. The van der Waals surface area contributed by atoms with Crippen LogP contribution >= 0.6 is 11.8 Å². The first-order valence-electron chi connectivity index (χ1n) is 6.83. The van der Waals surface area contributed by atoms with E-state index in [0.717, 1.165) is 11.5 Å². The van der Waals surface area contributed by atoms with E-state index in [-0.39, 0.29) is 11.6 Å². The number of esters is 1. The van der Waals surface area contributed by atoms with Crippen molar-refractivity contribution in [3.63, 3.8) is 0 Å². The van der Waals surface area contributed by atoms with Crippen molar-refractivity contribution in [3.8, 4) is 5.75 Å². The van der Waals surface area contributed by atoms with Gasteiger partial charge in [-0.25, -0.2) is 0 Å². The summed E-state index contributed by atoms with van der Waals surface area (Å²) in [7, 11) is 0. The summed E-state index contributed by atoms with van der Waals surface area (Å²) in [6.07, 6.45) is 0. The standard InChI is InChI=1S/C16H24O3S/c1-6-18-15(17)11-20-10-13-7-12(2)8-14(9-13)19-16(3,4)5/h7-9H,6,10-11H2,1-5H3. The van der Waals surface area contributed by atoms with Crippen LogP contribution in [0.15, 0.2) is 18.2 Å². The van der Waals surface area contributed by atoms with Gasteiger partial charge in [-0.05, 0) is 57.9 Å². The molecular formula is C16H24O3S. The van der Waals surface area contributed by atoms with Gasteiger partial charge in [0.1, 0.15) is 11.4 Å². The molecule has 1 aromatic carbocycles. The summed E-state index contributed by atoms with van der Waals surface area (Å²) in [5.41, 5.74) is 2.13. The van der Waals surface area contributed by atoms with Gasteiger partial charge < -0.3 is 9.47 Å². The van der Waals surface area contributed by atoms with E-state index in [0.29, 0.717) is 12.4 Å². The minimum atomic E-state index is -0.205. The molecule has 1 aromatic rings. The van der Waals surface area contributed by atoms with Crippen LogP contribution in [0.3, 0.4) is 0 Å². The predicted molar refractivity (Wildman–Crippen MR) is 84.4 cm³/mol. The molecule has 0 radical (unpaired) electrons. The maximum atomic E-state index is 11.3. The highest BCUT2D eigenvalue weighted by atomic mass is 32.2. The van der Waals surface area contributed by atoms with Crippen LogP contribution < -0.4 is 4.74 Å². The van der Waals surface area contributed by atoms with E-state index in [1.165, 1.54) is 11.1 Å². The van der Waals surface area contributed by atoms with Crippen molar-refractivity contribution in [2.45, 2.75) is 46.0 Å². The third-order valence-corrected chi connectivity index (χ3v) is 3.31. The van der Waals surface area contributed by atoms with Crippen molar-refractivity contribution in [2.24, 2.45) is 0 Å². The molecule has 0 fully saturated rings. The highest BCUT2D eigenvalue weighted by Gasteiger charge is 2.12. The highest BCUT2D eigenvalue weighted by molar-refractivity contribution is 7.99. The second-order valence-electron chi connectivity index (χ2n) is 5.67. The van der Waals surface area contributed by atoms with Gasteiger partial charge in [0, 0.05) is 5.75 Å². The molecule has 0 spiro atoms. The maximum absolute atomic E-state index is 11.3. The summed E-state index contributed by atoms with van der Waals surface area (Å²) in [5, 5.41) is 0. The van der Waals surface area contributed by atoms with E-state index in [2.05, 4.69) is 13.0 Å². The maximum Gasteiger partial charge on any atom is 0.315 e. The van der Waals surface area contributed by atoms with E-state index < -0.39 is 0 Å². The summed E-state index contributed by atoms with van der Waals surface area (Å²) in [6.45, 7) is 10.4. The summed E-state index contributed by atoms with van der Waals surface area (Å²) < 4.78 is 10.8. The molecule has 1 rings (SSSR count). The van der Waals surface area contributed by atoms with Gasteiger partial charge in [0.05, 0.1) is 12.4 Å². The number of hydrogen-bond acceptors (Lipinski definition) is 4. The lowest BCUT2D eigenvalue weighted by Crippen LogP contribution is -2.23. The fraction of sp³-hybridized carbons (Fsp3) is 0.562. The number of rotatable bonds is 6. The fourth-order valence-electron chi connectivity index (χ4n) is 1.78. The lowest BCUT2D eigenvalue weighted by molar-refractivity contribution is -0.139. The Kier molecular flexibility index (Phi) is 6.40. The molecule has 0 amide bonds. The largest absolute Gasteiger partial charge is 0.488 e. The van der Waals surface area contributed by atoms with Crippen molar-refractivity contribution in [3.05, 3.63) is 29.3 Å². The van der Waals surface area contributed by atoms with Crippen LogP contribution in [-0.2, 0) is 15.3 Å². The van der Waals surface area contributed by atoms with Crippen molar-refractivity contribution in [2.75, 3.05) is 12.4 Å². The molecule has 0 bridgehead atoms. The summed E-state index contributed by atoms with van der Waals surface area (Å²) in [6, 6.07) is 6.19. The van der Waals surface area contributed by atoms with E-state index in [9.17, 15) is 4.79 Å². The minimum Gasteiger partial charge on any atom is -0.488 e. The Morgan fingerprint density at radius 2 is 1.95 bits per heavy atom. The Balaban J connectivity index is 2.60. The summed E-state index contributed by atoms with van der Waals surface area (Å²) >= 11 is 1.56. The van der Waals surface area contributed by atoms with Crippen LogP contribution in [0.4, 0.5) is 0 Å². The molecule has 20 heavy (non-hydrogen) atoms. The number of carbonyl (C=O) groups excluding carboxylic acids is 1. The van der Waals surface area contributed by atoms with Gasteiger partial charge in [0.2, 0.25) is 0 Å². The number of benzene rings is 1. The van der Waals surface area contributed by atoms with Crippen molar-refractivity contribution >= 4 is 17.7 Å². The second kappa shape index (κ2) is 7.58. The lowest BCUT2D eigenvalue weighted by Gasteiger charge is -2.22. The molecule has 0 heterocycles. The second-order valence-corrected chi connectivity index (χ2v) is 6.65. The monoisotopic (exact) mass is 296 g/mol. The smallest absolute Gasteiger partial charge is 0.315 e. The number of thioether (sulfide) groups is 1. The quantitative estimate of drug-likeness (QED) is 0.744. The molecular weight excluding hydrogens is 272 g/mol. The zero-order valence-electron chi connectivity index (χ0n) is 13.0. The Bertz CT molecular complexity index is 450. The zero-order chi connectivity index (χ0) is 15.2. The van der Waals surface area contributed by atoms with Gasteiger partial charge in [-0.15, -0.1) is 11.8 Å². The molecule has 0 unspecified atom stereocenters. The number of ether oxygens (including phenoxy) is 2. The van der Waals surface area contributed by atoms with Crippen LogP contribution in [-0.4, -0.2) is 23.9 Å². The molecule has 0 aromatic heterocycles. The van der Waals surface area contributed by atoms with Gasteiger partial charge in [-0.1, -0.05) is 6.07 Å². The summed E-state index contributed by atoms with van der Waals surface area (Å²) in [4.78, 5) is 11.3. The van der Waals surface area contributed by atoms with E-state index in [4.69, 9.17) is 9.47 Å². The number of carbonyl (C=O) groups is 1. The third kappa shape index (κ3) is 6.85. The summed E-state index contributed by atoms with van der Waals surface area (Å²) in [5.74, 6) is 1.89. The molecule has 0 saturated heterocycles. The van der Waals surface area contributed by atoms with Crippen LogP contribution in [0, 0.1) is 6.92 Å². The molecule has 4 heteroatoms. The van der Waals surface area contributed by atoms with Crippen LogP contribution in [0.25, 0.3) is 0 Å². The van der Waals surface area contributed by atoms with Crippen molar-refractivity contribution < 1.29 is 14.3 Å². The first kappa shape index (κ1) is 16.9. The van der Waals surface area contributed by atoms with Gasteiger partial charge in [0.15, 0.2) is 0 Å². The average Bonchev–Trinajstić information content (AvgIpc) is 2.25. The molecule has 112 valence electrons. The van der Waals surface area contributed by atoms with Gasteiger partial charge in [-0.3, -0.25) is 4.79 Å². The van der Waals surface area contributed by atoms with Crippen LogP contribution in [0.5, 0.6) is 5.75 Å². The Labute approximate surface area is 126 Å². The predicted octanol–water partition coefficient (Wildman–Crippen LogP) is 3.97. The molecule has 0 aliphatic carbocycles. The fourth-order valence-corrected chi connectivity index (χ4v) is 2.53. The zero-order valence-corrected chi connectivity index (χ0v) is 13.8. The number of hydrogen-bond donors (Lipinski definition) is 0. The Morgan fingerprint density at radius 1 is 1.25 bits per heavy atom. The van der Waals surface area contributed by atoms with Gasteiger partial charge >= 0.3 is 5.97 Å².